The summed E-state index contributed by atoms with van der Waals surface area (Å²) in [4.78, 5) is 26.8. The first-order valence-electron chi connectivity index (χ1n) is 11.2. The predicted octanol–water partition coefficient (Wildman–Crippen LogP) is 5.16. The average Bonchev–Trinajstić information content (AvgIpc) is 2.66. The second kappa shape index (κ2) is 15.0. The van der Waals surface area contributed by atoms with Gasteiger partial charge in [0.1, 0.15) is 0 Å². The van der Waals surface area contributed by atoms with Crippen molar-refractivity contribution in [2.45, 2.75) is 104 Å². The van der Waals surface area contributed by atoms with Crippen molar-refractivity contribution >= 4 is 11.8 Å². The Morgan fingerprint density at radius 3 is 1.38 bits per heavy atom. The Bertz CT molecular complexity index is 348. The lowest BCUT2D eigenvalue weighted by atomic mass is 10.1. The lowest BCUT2D eigenvalue weighted by molar-refractivity contribution is -0.134. The van der Waals surface area contributed by atoms with E-state index in [0.29, 0.717) is 11.8 Å². The van der Waals surface area contributed by atoms with Crippen molar-refractivity contribution in [3.8, 4) is 0 Å². The largest absolute Gasteiger partial charge is 0.343 e. The molecule has 0 radical (unpaired) electrons. The molecular weight excluding hydrogens is 324 g/mol. The van der Waals surface area contributed by atoms with Gasteiger partial charge in [-0.05, 0) is 38.5 Å². The molecule has 0 N–H and O–H groups in total. The molecule has 4 nitrogen and oxygen atoms in total. The second-order valence-corrected chi connectivity index (χ2v) is 7.80. The van der Waals surface area contributed by atoms with E-state index in [1.165, 1.54) is 64.2 Å². The van der Waals surface area contributed by atoms with Crippen LogP contribution in [0, 0.1) is 0 Å². The summed E-state index contributed by atoms with van der Waals surface area (Å²) in [7, 11) is 0. The van der Waals surface area contributed by atoms with E-state index < -0.39 is 0 Å². The van der Waals surface area contributed by atoms with Crippen LogP contribution >= 0.6 is 0 Å². The number of likely N-dealkylation sites (tertiary alicyclic amines) is 2. The lowest BCUT2D eigenvalue weighted by Gasteiger charge is -2.26. The predicted molar refractivity (Wildman–Crippen MR) is 109 cm³/mol. The van der Waals surface area contributed by atoms with E-state index in [9.17, 15) is 9.59 Å². The van der Waals surface area contributed by atoms with Gasteiger partial charge < -0.3 is 9.80 Å². The maximum absolute atomic E-state index is 11.4. The Labute approximate surface area is 161 Å². The van der Waals surface area contributed by atoms with Crippen molar-refractivity contribution in [2.75, 3.05) is 26.2 Å². The summed E-state index contributed by atoms with van der Waals surface area (Å²) >= 11 is 0. The molecule has 0 bridgehead atoms. The molecule has 0 aromatic carbocycles. The molecule has 0 saturated carbocycles. The molecule has 26 heavy (non-hydrogen) atoms. The number of carbonyl (C=O) groups is 2. The van der Waals surface area contributed by atoms with Gasteiger partial charge in [-0.1, -0.05) is 52.4 Å². The maximum atomic E-state index is 11.4. The summed E-state index contributed by atoms with van der Waals surface area (Å²) in [6.07, 6.45) is 16.3. The van der Waals surface area contributed by atoms with Gasteiger partial charge in [0, 0.05) is 39.0 Å². The summed E-state index contributed by atoms with van der Waals surface area (Å²) < 4.78 is 0. The van der Waals surface area contributed by atoms with Crippen LogP contribution in [0.1, 0.15) is 104 Å². The van der Waals surface area contributed by atoms with Crippen molar-refractivity contribution in [2.24, 2.45) is 0 Å². The van der Waals surface area contributed by atoms with E-state index in [4.69, 9.17) is 0 Å². The highest BCUT2D eigenvalue weighted by atomic mass is 16.2. The Morgan fingerprint density at radius 1 is 0.615 bits per heavy atom. The quantitative estimate of drug-likeness (QED) is 0.501. The van der Waals surface area contributed by atoms with Crippen molar-refractivity contribution in [1.82, 2.24) is 9.80 Å². The Hall–Kier alpha value is -1.06. The van der Waals surface area contributed by atoms with Gasteiger partial charge in [0.05, 0.1) is 0 Å². The molecule has 2 rings (SSSR count). The summed E-state index contributed by atoms with van der Waals surface area (Å²) in [5.41, 5.74) is 0. The molecule has 4 heteroatoms. The van der Waals surface area contributed by atoms with Crippen LogP contribution in [0.25, 0.3) is 0 Å². The molecule has 2 aliphatic heterocycles. The maximum Gasteiger partial charge on any atom is 0.222 e. The highest BCUT2D eigenvalue weighted by Gasteiger charge is 2.17. The van der Waals surface area contributed by atoms with Crippen LogP contribution in [0.3, 0.4) is 0 Å². The van der Waals surface area contributed by atoms with E-state index in [1.54, 1.807) is 0 Å². The number of hydrogen-bond acceptors (Lipinski definition) is 2. The highest BCUT2D eigenvalue weighted by molar-refractivity contribution is 5.77. The van der Waals surface area contributed by atoms with Gasteiger partial charge in [0.25, 0.3) is 0 Å². The molecule has 2 fully saturated rings. The Kier molecular flexibility index (Phi) is 13.3. The minimum absolute atomic E-state index is 0.378. The molecule has 0 aromatic rings. The summed E-state index contributed by atoms with van der Waals surface area (Å²) in [6, 6.07) is 0. The molecule has 0 unspecified atom stereocenters. The van der Waals surface area contributed by atoms with Crippen molar-refractivity contribution in [1.29, 1.82) is 0 Å². The molecule has 0 atom stereocenters. The van der Waals surface area contributed by atoms with Gasteiger partial charge in [0.15, 0.2) is 0 Å². The summed E-state index contributed by atoms with van der Waals surface area (Å²) in [5.74, 6) is 0.755. The van der Waals surface area contributed by atoms with Crippen molar-refractivity contribution < 1.29 is 9.59 Å². The third-order valence-corrected chi connectivity index (χ3v) is 5.41. The number of amides is 2. The third kappa shape index (κ3) is 10.2. The fraction of sp³-hybridized carbons (Fsp3) is 0.909. The van der Waals surface area contributed by atoms with Crippen molar-refractivity contribution in [3.63, 3.8) is 0 Å². The van der Waals surface area contributed by atoms with Crippen LogP contribution in [0.15, 0.2) is 0 Å². The zero-order chi connectivity index (χ0) is 19.0. The van der Waals surface area contributed by atoms with Gasteiger partial charge in [-0.15, -0.1) is 0 Å². The number of hydrogen-bond donors (Lipinski definition) is 0. The summed E-state index contributed by atoms with van der Waals surface area (Å²) in [5, 5.41) is 0. The van der Waals surface area contributed by atoms with E-state index in [0.717, 1.165) is 51.9 Å². The molecule has 2 saturated heterocycles. The van der Waals surface area contributed by atoms with Crippen LogP contribution in [-0.2, 0) is 9.59 Å². The first kappa shape index (κ1) is 23.0. The number of rotatable bonds is 10. The van der Waals surface area contributed by atoms with Crippen LogP contribution in [-0.4, -0.2) is 47.8 Å². The fourth-order valence-electron chi connectivity index (χ4n) is 3.66. The Morgan fingerprint density at radius 2 is 1.04 bits per heavy atom. The van der Waals surface area contributed by atoms with E-state index in [-0.39, 0.29) is 0 Å². The molecular formula is C22H42N2O2. The van der Waals surface area contributed by atoms with Gasteiger partial charge in [0.2, 0.25) is 11.8 Å². The zero-order valence-corrected chi connectivity index (χ0v) is 17.4. The molecule has 2 amide bonds. The minimum Gasteiger partial charge on any atom is -0.343 e. The van der Waals surface area contributed by atoms with E-state index in [1.807, 2.05) is 9.80 Å². The smallest absolute Gasteiger partial charge is 0.222 e. The fourth-order valence-corrected chi connectivity index (χ4v) is 3.66. The van der Waals surface area contributed by atoms with E-state index >= 15 is 0 Å². The normalized spacial score (nSPS) is 17.9. The molecule has 0 spiro atoms. The summed E-state index contributed by atoms with van der Waals surface area (Å²) in [6.45, 7) is 8.44. The van der Waals surface area contributed by atoms with Gasteiger partial charge in [-0.25, -0.2) is 0 Å². The first-order valence-corrected chi connectivity index (χ1v) is 11.2. The Balaban J connectivity index is 0.000000260. The highest BCUT2D eigenvalue weighted by Crippen LogP contribution is 2.12. The van der Waals surface area contributed by atoms with E-state index in [2.05, 4.69) is 13.8 Å². The molecule has 152 valence electrons. The van der Waals surface area contributed by atoms with Crippen LogP contribution in [0.5, 0.6) is 0 Å². The van der Waals surface area contributed by atoms with Gasteiger partial charge >= 0.3 is 0 Å². The van der Waals surface area contributed by atoms with Crippen LogP contribution in [0.4, 0.5) is 0 Å². The molecule has 2 aliphatic rings. The second-order valence-electron chi connectivity index (χ2n) is 7.80. The number of unbranched alkanes of at least 4 members (excludes halogenated alkanes) is 6. The standard InChI is InChI=1S/2C11H21NO/c2*1-2-3-4-6-9-12-10-7-5-8-11(12)13/h2*2-10H2,1H3. The average molecular weight is 367 g/mol. The number of nitrogens with zero attached hydrogens (tertiary/aromatic N) is 2. The van der Waals surface area contributed by atoms with Gasteiger partial charge in [-0.3, -0.25) is 9.59 Å². The van der Waals surface area contributed by atoms with Crippen molar-refractivity contribution in [3.05, 3.63) is 0 Å². The number of piperidine rings is 2. The molecule has 0 aromatic heterocycles. The molecule has 2 heterocycles. The van der Waals surface area contributed by atoms with Gasteiger partial charge in [-0.2, -0.15) is 0 Å². The zero-order valence-electron chi connectivity index (χ0n) is 17.4. The lowest BCUT2D eigenvalue weighted by Crippen LogP contribution is -2.35. The first-order chi connectivity index (χ1) is 12.7. The van der Waals surface area contributed by atoms with Crippen LogP contribution < -0.4 is 0 Å². The molecule has 0 aliphatic carbocycles. The minimum atomic E-state index is 0.378. The monoisotopic (exact) mass is 366 g/mol. The third-order valence-electron chi connectivity index (χ3n) is 5.41. The number of carbonyl (C=O) groups excluding carboxylic acids is 2. The topological polar surface area (TPSA) is 40.6 Å². The SMILES string of the molecule is CCCCCCN1CCCCC1=O.CCCCCCN1CCCCC1=O. The van der Waals surface area contributed by atoms with Crippen LogP contribution in [0.2, 0.25) is 0 Å².